The number of aromatic nitrogens is 2. The zero-order valence-electron chi connectivity index (χ0n) is 15.4. The van der Waals surface area contributed by atoms with Crippen molar-refractivity contribution in [3.8, 4) is 17.2 Å². The van der Waals surface area contributed by atoms with Gasteiger partial charge in [-0.1, -0.05) is 24.3 Å². The van der Waals surface area contributed by atoms with Crippen LogP contribution in [0.4, 0.5) is 0 Å². The van der Waals surface area contributed by atoms with E-state index in [1.165, 1.54) is 0 Å². The standard InChI is InChI=1S/C22H21N3O3/c26-22(18-10-11-25(24-18)17-4-2-1-3-5-17)23-21(15-6-7-15)16-8-9-19-20(14-16)28-13-12-27-19/h1-5,8-11,14-15,21H,6-7,12-13H2,(H,23,26). The minimum Gasteiger partial charge on any atom is -0.486 e. The molecule has 1 aliphatic heterocycles. The molecule has 1 fully saturated rings. The summed E-state index contributed by atoms with van der Waals surface area (Å²) in [7, 11) is 0. The number of hydrogen-bond donors (Lipinski definition) is 1. The zero-order chi connectivity index (χ0) is 18.9. The van der Waals surface area contributed by atoms with Crippen LogP contribution in [-0.2, 0) is 0 Å². The summed E-state index contributed by atoms with van der Waals surface area (Å²) in [6.07, 6.45) is 4.02. The second-order valence-electron chi connectivity index (χ2n) is 7.17. The van der Waals surface area contributed by atoms with Crippen LogP contribution >= 0.6 is 0 Å². The minimum atomic E-state index is -0.165. The molecule has 1 N–H and O–H groups in total. The van der Waals surface area contributed by atoms with Crippen molar-refractivity contribution < 1.29 is 14.3 Å². The highest BCUT2D eigenvalue weighted by Gasteiger charge is 2.34. The molecule has 0 saturated heterocycles. The number of carbonyl (C=O) groups is 1. The van der Waals surface area contributed by atoms with Crippen molar-refractivity contribution in [2.24, 2.45) is 5.92 Å². The quantitative estimate of drug-likeness (QED) is 0.741. The molecule has 6 nitrogen and oxygen atoms in total. The lowest BCUT2D eigenvalue weighted by atomic mass is 10.0. The van der Waals surface area contributed by atoms with Gasteiger partial charge in [0.1, 0.15) is 13.2 Å². The van der Waals surface area contributed by atoms with Gasteiger partial charge in [-0.3, -0.25) is 4.79 Å². The molecule has 2 heterocycles. The van der Waals surface area contributed by atoms with Gasteiger partial charge in [0.15, 0.2) is 17.2 Å². The number of amides is 1. The van der Waals surface area contributed by atoms with Gasteiger partial charge in [0.25, 0.3) is 5.91 Å². The van der Waals surface area contributed by atoms with E-state index >= 15 is 0 Å². The highest BCUT2D eigenvalue weighted by atomic mass is 16.6. The van der Waals surface area contributed by atoms with Crippen molar-refractivity contribution in [3.05, 3.63) is 72.1 Å². The summed E-state index contributed by atoms with van der Waals surface area (Å²) >= 11 is 0. The van der Waals surface area contributed by atoms with E-state index in [4.69, 9.17) is 9.47 Å². The number of carbonyl (C=O) groups excluding carboxylic acids is 1. The molecule has 2 aromatic carbocycles. The third-order valence-electron chi connectivity index (χ3n) is 5.15. The van der Waals surface area contributed by atoms with Crippen LogP contribution in [0.25, 0.3) is 5.69 Å². The lowest BCUT2D eigenvalue weighted by Gasteiger charge is -2.22. The molecule has 1 atom stereocenters. The van der Waals surface area contributed by atoms with Crippen LogP contribution in [0.5, 0.6) is 11.5 Å². The summed E-state index contributed by atoms with van der Waals surface area (Å²) in [4.78, 5) is 12.9. The number of rotatable bonds is 5. The van der Waals surface area contributed by atoms with Crippen LogP contribution in [0.15, 0.2) is 60.8 Å². The van der Waals surface area contributed by atoms with E-state index in [2.05, 4.69) is 10.4 Å². The highest BCUT2D eigenvalue weighted by molar-refractivity contribution is 5.92. The van der Waals surface area contributed by atoms with Crippen LogP contribution in [0.2, 0.25) is 0 Å². The average Bonchev–Trinajstić information content (AvgIpc) is 3.47. The van der Waals surface area contributed by atoms with E-state index in [9.17, 15) is 4.79 Å². The summed E-state index contributed by atoms with van der Waals surface area (Å²) in [6, 6.07) is 17.4. The van der Waals surface area contributed by atoms with Gasteiger partial charge in [-0.15, -0.1) is 0 Å². The molecule has 2 aliphatic rings. The normalized spacial score (nSPS) is 16.4. The Bertz CT molecular complexity index is 995. The molecule has 28 heavy (non-hydrogen) atoms. The molecule has 142 valence electrons. The van der Waals surface area contributed by atoms with Gasteiger partial charge in [0.05, 0.1) is 11.7 Å². The predicted molar refractivity (Wildman–Crippen MR) is 104 cm³/mol. The van der Waals surface area contributed by atoms with Gasteiger partial charge in [-0.25, -0.2) is 4.68 Å². The van der Waals surface area contributed by atoms with Crippen molar-refractivity contribution in [2.75, 3.05) is 13.2 Å². The van der Waals surface area contributed by atoms with Crippen LogP contribution in [0.3, 0.4) is 0 Å². The van der Waals surface area contributed by atoms with Gasteiger partial charge >= 0.3 is 0 Å². The number of para-hydroxylation sites is 1. The van der Waals surface area contributed by atoms with E-state index in [1.54, 1.807) is 16.9 Å². The molecule has 1 amide bonds. The molecule has 1 saturated carbocycles. The molecular weight excluding hydrogens is 354 g/mol. The maximum absolute atomic E-state index is 12.9. The van der Waals surface area contributed by atoms with Crippen molar-refractivity contribution in [1.82, 2.24) is 15.1 Å². The molecule has 1 aromatic heterocycles. The second kappa shape index (κ2) is 7.03. The van der Waals surface area contributed by atoms with Crippen molar-refractivity contribution in [3.63, 3.8) is 0 Å². The summed E-state index contributed by atoms with van der Waals surface area (Å²) in [5, 5.41) is 7.61. The fraction of sp³-hybridized carbons (Fsp3) is 0.273. The Balaban J connectivity index is 1.36. The van der Waals surface area contributed by atoms with Gasteiger partial charge < -0.3 is 14.8 Å². The molecule has 0 spiro atoms. The average molecular weight is 375 g/mol. The maximum Gasteiger partial charge on any atom is 0.272 e. The summed E-state index contributed by atoms with van der Waals surface area (Å²) < 4.78 is 13.0. The largest absolute Gasteiger partial charge is 0.486 e. The van der Waals surface area contributed by atoms with Crippen LogP contribution in [0, 0.1) is 5.92 Å². The number of nitrogens with zero attached hydrogens (tertiary/aromatic N) is 2. The highest BCUT2D eigenvalue weighted by Crippen LogP contribution is 2.43. The fourth-order valence-corrected chi connectivity index (χ4v) is 3.54. The summed E-state index contributed by atoms with van der Waals surface area (Å²) in [6.45, 7) is 1.12. The molecule has 1 aliphatic carbocycles. The number of hydrogen-bond acceptors (Lipinski definition) is 4. The first-order valence-electron chi connectivity index (χ1n) is 9.59. The molecule has 0 bridgehead atoms. The van der Waals surface area contributed by atoms with Gasteiger partial charge in [-0.05, 0) is 54.7 Å². The van der Waals surface area contributed by atoms with Crippen molar-refractivity contribution in [2.45, 2.75) is 18.9 Å². The molecule has 5 rings (SSSR count). The zero-order valence-corrected chi connectivity index (χ0v) is 15.4. The second-order valence-corrected chi connectivity index (χ2v) is 7.17. The number of nitrogens with one attached hydrogen (secondary N) is 1. The summed E-state index contributed by atoms with van der Waals surface area (Å²) in [5.41, 5.74) is 2.38. The van der Waals surface area contributed by atoms with Gasteiger partial charge in [0.2, 0.25) is 0 Å². The maximum atomic E-state index is 12.9. The fourth-order valence-electron chi connectivity index (χ4n) is 3.54. The van der Waals surface area contributed by atoms with Crippen LogP contribution < -0.4 is 14.8 Å². The SMILES string of the molecule is O=C(NC(c1ccc2c(c1)OCCO2)C1CC1)c1ccn(-c2ccccc2)n1. The van der Waals surface area contributed by atoms with Crippen molar-refractivity contribution >= 4 is 5.91 Å². The number of ether oxygens (including phenoxy) is 2. The van der Waals surface area contributed by atoms with Crippen LogP contribution in [0.1, 0.15) is 34.9 Å². The lowest BCUT2D eigenvalue weighted by Crippen LogP contribution is -2.30. The molecular formula is C22H21N3O3. The molecule has 1 unspecified atom stereocenters. The van der Waals surface area contributed by atoms with E-state index < -0.39 is 0 Å². The Morgan fingerprint density at radius 3 is 2.61 bits per heavy atom. The first kappa shape index (κ1) is 16.9. The molecule has 6 heteroatoms. The minimum absolute atomic E-state index is 0.0507. The van der Waals surface area contributed by atoms with E-state index in [0.717, 1.165) is 35.6 Å². The first-order valence-corrected chi connectivity index (χ1v) is 9.59. The predicted octanol–water partition coefficient (Wildman–Crippen LogP) is 3.52. The van der Waals surface area contributed by atoms with E-state index in [0.29, 0.717) is 24.8 Å². The van der Waals surface area contributed by atoms with Gasteiger partial charge in [0, 0.05) is 6.20 Å². The van der Waals surface area contributed by atoms with E-state index in [-0.39, 0.29) is 11.9 Å². The molecule has 3 aromatic rings. The topological polar surface area (TPSA) is 65.4 Å². The van der Waals surface area contributed by atoms with E-state index in [1.807, 2.05) is 48.5 Å². The Hall–Kier alpha value is -3.28. The molecule has 0 radical (unpaired) electrons. The first-order chi connectivity index (χ1) is 13.8. The lowest BCUT2D eigenvalue weighted by molar-refractivity contribution is 0.0926. The number of fused-ring (bicyclic) bond motifs is 1. The monoisotopic (exact) mass is 375 g/mol. The Morgan fingerprint density at radius 1 is 1.04 bits per heavy atom. The number of benzene rings is 2. The third kappa shape index (κ3) is 3.33. The Labute approximate surface area is 163 Å². The van der Waals surface area contributed by atoms with Gasteiger partial charge in [-0.2, -0.15) is 5.10 Å². The van der Waals surface area contributed by atoms with Crippen LogP contribution in [-0.4, -0.2) is 28.9 Å². The summed E-state index contributed by atoms with van der Waals surface area (Å²) in [5.74, 6) is 1.79. The van der Waals surface area contributed by atoms with Crippen molar-refractivity contribution in [1.29, 1.82) is 0 Å². The Morgan fingerprint density at radius 2 is 1.82 bits per heavy atom. The third-order valence-corrected chi connectivity index (χ3v) is 5.15. The Kier molecular flexibility index (Phi) is 4.24. The smallest absolute Gasteiger partial charge is 0.272 e.